The molecule has 0 amide bonds. The third-order valence-electron chi connectivity index (χ3n) is 12.1. The van der Waals surface area contributed by atoms with E-state index in [9.17, 15) is 0 Å². The fourth-order valence-corrected chi connectivity index (χ4v) is 9.33. The first-order chi connectivity index (χ1) is 29.3. The van der Waals surface area contributed by atoms with Gasteiger partial charge in [-0.25, -0.2) is 0 Å². The molecule has 0 saturated heterocycles. The summed E-state index contributed by atoms with van der Waals surface area (Å²) in [6, 6.07) is 81.7. The van der Waals surface area contributed by atoms with Crippen LogP contribution in [0, 0.1) is 0 Å². The number of para-hydroxylation sites is 3. The zero-order chi connectivity index (χ0) is 38.9. The van der Waals surface area contributed by atoms with Gasteiger partial charge in [0.2, 0.25) is 0 Å². The SMILES string of the molecule is c1ccc2cc(N(c3ccc(-c4ccc5c(c4)c4ccccc4n5-c4ccc(-n5c6ccccc6c6ccccc65)cc4)cc3)c3cccc4ccccc34)ccc2c1. The number of aromatic nitrogens is 2. The lowest BCUT2D eigenvalue weighted by atomic mass is 10.0. The molecular formula is C56H37N3. The molecule has 59 heavy (non-hydrogen) atoms. The van der Waals surface area contributed by atoms with Gasteiger partial charge >= 0.3 is 0 Å². The minimum Gasteiger partial charge on any atom is -0.310 e. The lowest BCUT2D eigenvalue weighted by Crippen LogP contribution is -2.10. The number of benzene rings is 10. The third-order valence-corrected chi connectivity index (χ3v) is 12.1. The molecule has 12 rings (SSSR count). The van der Waals surface area contributed by atoms with Gasteiger partial charge in [-0.1, -0.05) is 140 Å². The van der Waals surface area contributed by atoms with Gasteiger partial charge in [0.15, 0.2) is 0 Å². The molecule has 3 heteroatoms. The molecule has 3 nitrogen and oxygen atoms in total. The summed E-state index contributed by atoms with van der Waals surface area (Å²) in [6.45, 7) is 0. The van der Waals surface area contributed by atoms with Crippen LogP contribution in [0.25, 0.3) is 87.7 Å². The summed E-state index contributed by atoms with van der Waals surface area (Å²) in [5, 5.41) is 9.91. The van der Waals surface area contributed by atoms with Crippen molar-refractivity contribution in [3.8, 4) is 22.5 Å². The van der Waals surface area contributed by atoms with Crippen LogP contribution in [0.3, 0.4) is 0 Å². The van der Waals surface area contributed by atoms with E-state index in [4.69, 9.17) is 0 Å². The van der Waals surface area contributed by atoms with Crippen molar-refractivity contribution >= 4 is 82.2 Å². The lowest BCUT2D eigenvalue weighted by molar-refractivity contribution is 1.14. The summed E-state index contributed by atoms with van der Waals surface area (Å²) < 4.78 is 4.78. The lowest BCUT2D eigenvalue weighted by Gasteiger charge is -2.27. The highest BCUT2D eigenvalue weighted by molar-refractivity contribution is 6.11. The van der Waals surface area contributed by atoms with E-state index in [-0.39, 0.29) is 0 Å². The first-order valence-electron chi connectivity index (χ1n) is 20.3. The van der Waals surface area contributed by atoms with Crippen LogP contribution in [0.2, 0.25) is 0 Å². The van der Waals surface area contributed by atoms with Crippen molar-refractivity contribution in [2.75, 3.05) is 4.90 Å². The Bertz CT molecular complexity index is 3490. The summed E-state index contributed by atoms with van der Waals surface area (Å²) >= 11 is 0. The average Bonchev–Trinajstić information content (AvgIpc) is 3.82. The van der Waals surface area contributed by atoms with Gasteiger partial charge in [-0.2, -0.15) is 0 Å². The van der Waals surface area contributed by atoms with Crippen LogP contribution in [0.15, 0.2) is 224 Å². The topological polar surface area (TPSA) is 13.1 Å². The Hall–Kier alpha value is -7.88. The van der Waals surface area contributed by atoms with Gasteiger partial charge in [-0.3, -0.25) is 0 Å². The van der Waals surface area contributed by atoms with Crippen molar-refractivity contribution in [2.45, 2.75) is 0 Å². The highest BCUT2D eigenvalue weighted by Crippen LogP contribution is 2.42. The van der Waals surface area contributed by atoms with Crippen LogP contribution < -0.4 is 4.90 Å². The number of hydrogen-bond donors (Lipinski definition) is 0. The van der Waals surface area contributed by atoms with Crippen molar-refractivity contribution < 1.29 is 0 Å². The molecule has 2 aromatic heterocycles. The largest absolute Gasteiger partial charge is 0.310 e. The highest BCUT2D eigenvalue weighted by atomic mass is 15.1. The monoisotopic (exact) mass is 751 g/mol. The Kier molecular flexibility index (Phi) is 7.54. The molecule has 0 aliphatic carbocycles. The predicted octanol–water partition coefficient (Wildman–Crippen LogP) is 15.3. The molecule has 0 bridgehead atoms. The molecule has 276 valence electrons. The molecule has 0 spiro atoms. The molecule has 0 aliphatic rings. The quantitative estimate of drug-likeness (QED) is 0.165. The van der Waals surface area contributed by atoms with E-state index < -0.39 is 0 Å². The molecule has 0 fully saturated rings. The molecule has 2 heterocycles. The van der Waals surface area contributed by atoms with Crippen molar-refractivity contribution in [1.82, 2.24) is 9.13 Å². The highest BCUT2D eigenvalue weighted by Gasteiger charge is 2.18. The number of fused-ring (bicyclic) bond motifs is 8. The maximum atomic E-state index is 2.40. The van der Waals surface area contributed by atoms with Crippen molar-refractivity contribution in [3.63, 3.8) is 0 Å². The van der Waals surface area contributed by atoms with E-state index in [1.165, 1.54) is 76.3 Å². The number of hydrogen-bond acceptors (Lipinski definition) is 1. The predicted molar refractivity (Wildman–Crippen MR) is 250 cm³/mol. The number of anilines is 3. The molecule has 0 saturated carbocycles. The molecule has 10 aromatic carbocycles. The Balaban J connectivity index is 0.940. The van der Waals surface area contributed by atoms with Crippen LogP contribution in [0.5, 0.6) is 0 Å². The molecule has 0 N–H and O–H groups in total. The maximum Gasteiger partial charge on any atom is 0.0541 e. The summed E-state index contributed by atoms with van der Waals surface area (Å²) in [6.07, 6.45) is 0. The van der Waals surface area contributed by atoms with Crippen LogP contribution in [0.4, 0.5) is 17.1 Å². The average molecular weight is 752 g/mol. The number of rotatable bonds is 6. The zero-order valence-corrected chi connectivity index (χ0v) is 32.2. The second-order valence-corrected chi connectivity index (χ2v) is 15.4. The fraction of sp³-hybridized carbons (Fsp3) is 0. The van der Waals surface area contributed by atoms with Crippen LogP contribution >= 0.6 is 0 Å². The van der Waals surface area contributed by atoms with E-state index in [1.807, 2.05) is 0 Å². The smallest absolute Gasteiger partial charge is 0.0541 e. The molecular weight excluding hydrogens is 715 g/mol. The molecule has 12 aromatic rings. The van der Waals surface area contributed by atoms with Crippen LogP contribution in [-0.4, -0.2) is 9.13 Å². The second kappa shape index (κ2) is 13.4. The molecule has 0 unspecified atom stereocenters. The second-order valence-electron chi connectivity index (χ2n) is 15.4. The Morgan fingerprint density at radius 1 is 0.271 bits per heavy atom. The summed E-state index contributed by atoms with van der Waals surface area (Å²) in [5.41, 5.74) is 12.9. The van der Waals surface area contributed by atoms with Crippen LogP contribution in [-0.2, 0) is 0 Å². The van der Waals surface area contributed by atoms with Gasteiger partial charge in [0.25, 0.3) is 0 Å². The summed E-state index contributed by atoms with van der Waals surface area (Å²) in [5.74, 6) is 0. The van der Waals surface area contributed by atoms with Gasteiger partial charge in [-0.05, 0) is 112 Å². The maximum absolute atomic E-state index is 2.40. The van der Waals surface area contributed by atoms with E-state index in [2.05, 4.69) is 238 Å². The standard InChI is InChI=1S/C56H37N3/c1-2-14-41-36-46(30-26-38(41)12-1)57(52-23-11-15-40-13-3-4-16-47(40)52)43-28-24-39(25-29-43)42-27-35-56-51(37-42)50-19-7-10-22-55(50)59(56)45-33-31-44(32-34-45)58-53-20-8-5-17-48(53)49-18-6-9-21-54(49)58/h1-37H. The van der Waals surface area contributed by atoms with Gasteiger partial charge in [0.05, 0.1) is 27.8 Å². The minimum absolute atomic E-state index is 1.11. The number of nitrogens with zero attached hydrogens (tertiary/aromatic N) is 3. The van der Waals surface area contributed by atoms with E-state index in [0.29, 0.717) is 0 Å². The Morgan fingerprint density at radius 2 is 0.746 bits per heavy atom. The third kappa shape index (κ3) is 5.36. The van der Waals surface area contributed by atoms with E-state index in [0.717, 1.165) is 28.4 Å². The Labute approximate surface area is 341 Å². The normalized spacial score (nSPS) is 11.7. The molecule has 0 aliphatic heterocycles. The van der Waals surface area contributed by atoms with Crippen molar-refractivity contribution in [1.29, 1.82) is 0 Å². The first kappa shape index (κ1) is 33.3. The van der Waals surface area contributed by atoms with Gasteiger partial charge in [-0.15, -0.1) is 0 Å². The summed E-state index contributed by atoms with van der Waals surface area (Å²) in [7, 11) is 0. The molecule has 0 atom stereocenters. The Morgan fingerprint density at radius 3 is 1.39 bits per heavy atom. The minimum atomic E-state index is 1.11. The van der Waals surface area contributed by atoms with E-state index in [1.54, 1.807) is 0 Å². The van der Waals surface area contributed by atoms with Crippen LogP contribution in [0.1, 0.15) is 0 Å². The van der Waals surface area contributed by atoms with Gasteiger partial charge in [0, 0.05) is 49.7 Å². The molecule has 0 radical (unpaired) electrons. The first-order valence-corrected chi connectivity index (χ1v) is 20.3. The van der Waals surface area contributed by atoms with Crippen molar-refractivity contribution in [3.05, 3.63) is 224 Å². The summed E-state index contributed by atoms with van der Waals surface area (Å²) in [4.78, 5) is 2.39. The fourth-order valence-electron chi connectivity index (χ4n) is 9.33. The van der Waals surface area contributed by atoms with E-state index >= 15 is 0 Å². The van der Waals surface area contributed by atoms with Gasteiger partial charge in [0.1, 0.15) is 0 Å². The van der Waals surface area contributed by atoms with Crippen molar-refractivity contribution in [2.24, 2.45) is 0 Å². The zero-order valence-electron chi connectivity index (χ0n) is 32.2. The van der Waals surface area contributed by atoms with Gasteiger partial charge < -0.3 is 14.0 Å².